The van der Waals surface area contributed by atoms with E-state index >= 15 is 0 Å². The van der Waals surface area contributed by atoms with Crippen LogP contribution in [0.1, 0.15) is 31.4 Å². The molecule has 0 saturated carbocycles. The summed E-state index contributed by atoms with van der Waals surface area (Å²) in [5, 5.41) is 7.94. The lowest BCUT2D eigenvalue weighted by atomic mass is 10.1. The van der Waals surface area contributed by atoms with Crippen molar-refractivity contribution in [3.63, 3.8) is 0 Å². The minimum absolute atomic E-state index is 0.560. The van der Waals surface area contributed by atoms with Gasteiger partial charge in [-0.3, -0.25) is 4.68 Å². The van der Waals surface area contributed by atoms with Crippen LogP contribution in [0.25, 0.3) is 11.1 Å². The van der Waals surface area contributed by atoms with Crippen LogP contribution in [0.4, 0.5) is 0 Å². The van der Waals surface area contributed by atoms with Crippen molar-refractivity contribution < 1.29 is 0 Å². The van der Waals surface area contributed by atoms with Gasteiger partial charge in [0.1, 0.15) is 0 Å². The van der Waals surface area contributed by atoms with Gasteiger partial charge in [0.25, 0.3) is 0 Å². The van der Waals surface area contributed by atoms with Crippen LogP contribution in [0.15, 0.2) is 36.7 Å². The molecule has 0 bridgehead atoms. The monoisotopic (exact) mass is 255 g/mol. The molecule has 0 radical (unpaired) electrons. The van der Waals surface area contributed by atoms with E-state index in [4.69, 9.17) is 0 Å². The van der Waals surface area contributed by atoms with Crippen LogP contribution in [0.2, 0.25) is 0 Å². The smallest absolute Gasteiger partial charge is 0.0568 e. The van der Waals surface area contributed by atoms with Crippen LogP contribution in [-0.2, 0) is 6.42 Å². The van der Waals surface area contributed by atoms with E-state index in [1.54, 1.807) is 0 Å². The molecule has 1 aliphatic heterocycles. The van der Waals surface area contributed by atoms with Crippen LogP contribution in [-0.4, -0.2) is 22.9 Å². The molecular weight excluding hydrogens is 234 g/mol. The van der Waals surface area contributed by atoms with Crippen molar-refractivity contribution in [2.75, 3.05) is 13.1 Å². The Labute approximate surface area is 114 Å². The first-order valence-corrected chi connectivity index (χ1v) is 7.21. The van der Waals surface area contributed by atoms with Gasteiger partial charge >= 0.3 is 0 Å². The van der Waals surface area contributed by atoms with Crippen LogP contribution < -0.4 is 5.32 Å². The van der Waals surface area contributed by atoms with Crippen molar-refractivity contribution in [2.24, 2.45) is 0 Å². The zero-order valence-electron chi connectivity index (χ0n) is 11.5. The molecule has 3 rings (SSSR count). The summed E-state index contributed by atoms with van der Waals surface area (Å²) in [5.74, 6) is 0. The quantitative estimate of drug-likeness (QED) is 0.913. The van der Waals surface area contributed by atoms with Gasteiger partial charge in [-0.15, -0.1) is 0 Å². The number of piperidine rings is 1. The van der Waals surface area contributed by atoms with E-state index in [1.807, 2.05) is 6.20 Å². The number of aromatic nitrogens is 2. The Morgan fingerprint density at radius 2 is 1.89 bits per heavy atom. The summed E-state index contributed by atoms with van der Waals surface area (Å²) in [6.07, 6.45) is 7.63. The number of rotatable bonds is 3. The average molecular weight is 255 g/mol. The van der Waals surface area contributed by atoms with Gasteiger partial charge in [0.2, 0.25) is 0 Å². The highest BCUT2D eigenvalue weighted by Crippen LogP contribution is 2.23. The summed E-state index contributed by atoms with van der Waals surface area (Å²) in [6, 6.07) is 9.37. The van der Waals surface area contributed by atoms with Crippen LogP contribution in [0, 0.1) is 0 Å². The second kappa shape index (κ2) is 5.57. The molecule has 3 nitrogen and oxygen atoms in total. The van der Waals surface area contributed by atoms with Crippen LogP contribution in [0.5, 0.6) is 0 Å². The molecule has 3 heteroatoms. The van der Waals surface area contributed by atoms with Crippen molar-refractivity contribution in [2.45, 2.75) is 32.2 Å². The first kappa shape index (κ1) is 12.4. The minimum Gasteiger partial charge on any atom is -0.317 e. The third-order valence-corrected chi connectivity index (χ3v) is 3.98. The van der Waals surface area contributed by atoms with E-state index in [2.05, 4.69) is 52.5 Å². The first-order valence-electron chi connectivity index (χ1n) is 7.21. The van der Waals surface area contributed by atoms with Gasteiger partial charge in [0.05, 0.1) is 12.2 Å². The van der Waals surface area contributed by atoms with Crippen molar-refractivity contribution in [1.29, 1.82) is 0 Å². The van der Waals surface area contributed by atoms with Gasteiger partial charge in [0, 0.05) is 11.8 Å². The van der Waals surface area contributed by atoms with Gasteiger partial charge in [0.15, 0.2) is 0 Å². The maximum absolute atomic E-state index is 4.55. The third kappa shape index (κ3) is 2.71. The summed E-state index contributed by atoms with van der Waals surface area (Å²) in [7, 11) is 0. The molecule has 100 valence electrons. The fourth-order valence-electron chi connectivity index (χ4n) is 2.69. The Bertz CT molecular complexity index is 521. The number of nitrogens with zero attached hydrogens (tertiary/aromatic N) is 2. The molecule has 1 aliphatic rings. The van der Waals surface area contributed by atoms with Crippen molar-refractivity contribution in [1.82, 2.24) is 15.1 Å². The Balaban J connectivity index is 1.79. The first-order chi connectivity index (χ1) is 9.36. The van der Waals surface area contributed by atoms with Gasteiger partial charge in [-0.2, -0.15) is 5.10 Å². The summed E-state index contributed by atoms with van der Waals surface area (Å²) >= 11 is 0. The highest BCUT2D eigenvalue weighted by atomic mass is 15.3. The standard InChI is InChI=1S/C16H21N3/c1-2-13-3-5-14(6-4-13)15-11-18-19(12-15)16-7-9-17-10-8-16/h3-6,11-12,16-17H,2,7-10H2,1H3. The summed E-state index contributed by atoms with van der Waals surface area (Å²) in [5.41, 5.74) is 3.87. The topological polar surface area (TPSA) is 29.9 Å². The van der Waals surface area contributed by atoms with Crippen molar-refractivity contribution in [3.05, 3.63) is 42.2 Å². The van der Waals surface area contributed by atoms with E-state index in [0.717, 1.165) is 19.5 Å². The van der Waals surface area contributed by atoms with E-state index in [-0.39, 0.29) is 0 Å². The molecule has 1 aromatic carbocycles. The zero-order valence-corrected chi connectivity index (χ0v) is 11.5. The number of benzene rings is 1. The molecule has 1 saturated heterocycles. The van der Waals surface area contributed by atoms with Crippen LogP contribution >= 0.6 is 0 Å². The molecule has 1 fully saturated rings. The van der Waals surface area contributed by atoms with Crippen molar-refractivity contribution in [3.8, 4) is 11.1 Å². The molecule has 0 aliphatic carbocycles. The largest absolute Gasteiger partial charge is 0.317 e. The van der Waals surface area contributed by atoms with Crippen molar-refractivity contribution >= 4 is 0 Å². The van der Waals surface area contributed by atoms with E-state index in [1.165, 1.54) is 29.5 Å². The molecular formula is C16H21N3. The highest BCUT2D eigenvalue weighted by Gasteiger charge is 2.15. The maximum atomic E-state index is 4.55. The average Bonchev–Trinajstić information content (AvgIpc) is 2.98. The Morgan fingerprint density at radius 1 is 1.16 bits per heavy atom. The number of nitrogens with one attached hydrogen (secondary N) is 1. The fraction of sp³-hybridized carbons (Fsp3) is 0.438. The number of hydrogen-bond acceptors (Lipinski definition) is 2. The lowest BCUT2D eigenvalue weighted by Gasteiger charge is -2.22. The van der Waals surface area contributed by atoms with Gasteiger partial charge in [-0.05, 0) is 43.5 Å². The van der Waals surface area contributed by atoms with Gasteiger partial charge in [-0.25, -0.2) is 0 Å². The number of hydrogen-bond donors (Lipinski definition) is 1. The maximum Gasteiger partial charge on any atom is 0.0568 e. The van der Waals surface area contributed by atoms with Gasteiger partial charge < -0.3 is 5.32 Å². The van der Waals surface area contributed by atoms with Crippen LogP contribution in [0.3, 0.4) is 0 Å². The molecule has 0 unspecified atom stereocenters. The molecule has 0 spiro atoms. The van der Waals surface area contributed by atoms with E-state index in [9.17, 15) is 0 Å². The SMILES string of the molecule is CCc1ccc(-c2cnn(C3CCNCC3)c2)cc1. The highest BCUT2D eigenvalue weighted by molar-refractivity contribution is 5.61. The van der Waals surface area contributed by atoms with Gasteiger partial charge in [-0.1, -0.05) is 31.2 Å². The molecule has 1 N–H and O–H groups in total. The van der Waals surface area contributed by atoms with E-state index in [0.29, 0.717) is 6.04 Å². The molecule has 2 aromatic rings. The predicted molar refractivity (Wildman–Crippen MR) is 78.2 cm³/mol. The summed E-state index contributed by atoms with van der Waals surface area (Å²) in [6.45, 7) is 4.39. The summed E-state index contributed by atoms with van der Waals surface area (Å²) < 4.78 is 2.14. The molecule has 2 heterocycles. The molecule has 0 atom stereocenters. The predicted octanol–water partition coefficient (Wildman–Crippen LogP) is 3.04. The molecule has 0 amide bonds. The fourth-order valence-corrected chi connectivity index (χ4v) is 2.69. The normalized spacial score (nSPS) is 16.7. The third-order valence-electron chi connectivity index (χ3n) is 3.98. The second-order valence-electron chi connectivity index (χ2n) is 5.24. The second-order valence-corrected chi connectivity index (χ2v) is 5.24. The minimum atomic E-state index is 0.560. The zero-order chi connectivity index (χ0) is 13.1. The Morgan fingerprint density at radius 3 is 2.58 bits per heavy atom. The lowest BCUT2D eigenvalue weighted by Crippen LogP contribution is -2.29. The molecule has 19 heavy (non-hydrogen) atoms. The molecule has 1 aromatic heterocycles. The number of aryl methyl sites for hydroxylation is 1. The Kier molecular flexibility index (Phi) is 3.65. The summed E-state index contributed by atoms with van der Waals surface area (Å²) in [4.78, 5) is 0. The Hall–Kier alpha value is -1.61. The van der Waals surface area contributed by atoms with E-state index < -0.39 is 0 Å². The lowest BCUT2D eigenvalue weighted by molar-refractivity contribution is 0.343.